The van der Waals surface area contributed by atoms with Crippen molar-refractivity contribution in [1.82, 2.24) is 15.2 Å². The Morgan fingerprint density at radius 1 is 1.03 bits per heavy atom. The number of benzene rings is 2. The lowest BCUT2D eigenvalue weighted by molar-refractivity contribution is -0.121. The Morgan fingerprint density at radius 2 is 1.87 bits per heavy atom. The summed E-state index contributed by atoms with van der Waals surface area (Å²) < 4.78 is 0. The van der Waals surface area contributed by atoms with E-state index in [-0.39, 0.29) is 11.9 Å². The molecule has 1 atom stereocenters. The van der Waals surface area contributed by atoms with Gasteiger partial charge in [0.1, 0.15) is 0 Å². The van der Waals surface area contributed by atoms with Gasteiger partial charge in [0.05, 0.1) is 23.7 Å². The first-order valence-electron chi connectivity index (χ1n) is 11.1. The van der Waals surface area contributed by atoms with Gasteiger partial charge in [-0.1, -0.05) is 60.5 Å². The number of nitrogens with one attached hydrogen (secondary N) is 1. The summed E-state index contributed by atoms with van der Waals surface area (Å²) in [5.41, 5.74) is 4.15. The SMILES string of the molecule is Cc1cccc(C(CCN2CCCCC2)NC(=O)Cc2ccc3ccccc3n2)c1. The molecule has 1 amide bonds. The summed E-state index contributed by atoms with van der Waals surface area (Å²) >= 11 is 0. The van der Waals surface area contributed by atoms with Gasteiger partial charge in [-0.2, -0.15) is 0 Å². The maximum absolute atomic E-state index is 12.9. The number of carbonyl (C=O) groups is 1. The number of fused-ring (bicyclic) bond motifs is 1. The monoisotopic (exact) mass is 401 g/mol. The van der Waals surface area contributed by atoms with E-state index in [1.165, 1.54) is 43.5 Å². The first kappa shape index (κ1) is 20.5. The summed E-state index contributed by atoms with van der Waals surface area (Å²) in [6, 6.07) is 20.5. The zero-order valence-corrected chi connectivity index (χ0v) is 17.8. The summed E-state index contributed by atoms with van der Waals surface area (Å²) in [5, 5.41) is 4.39. The molecule has 0 radical (unpaired) electrons. The lowest BCUT2D eigenvalue weighted by atomic mass is 10.0. The van der Waals surface area contributed by atoms with E-state index in [1.807, 2.05) is 36.4 Å². The average molecular weight is 402 g/mol. The number of amides is 1. The normalized spacial score (nSPS) is 15.8. The van der Waals surface area contributed by atoms with Crippen LogP contribution in [-0.2, 0) is 11.2 Å². The van der Waals surface area contributed by atoms with Crippen LogP contribution in [0, 0.1) is 6.92 Å². The molecule has 1 unspecified atom stereocenters. The smallest absolute Gasteiger partial charge is 0.226 e. The van der Waals surface area contributed by atoms with E-state index in [1.54, 1.807) is 0 Å². The maximum Gasteiger partial charge on any atom is 0.226 e. The van der Waals surface area contributed by atoms with E-state index >= 15 is 0 Å². The van der Waals surface area contributed by atoms with Crippen molar-refractivity contribution >= 4 is 16.8 Å². The van der Waals surface area contributed by atoms with Crippen LogP contribution in [0.1, 0.15) is 48.5 Å². The molecule has 0 saturated carbocycles. The summed E-state index contributed by atoms with van der Waals surface area (Å²) in [7, 11) is 0. The molecule has 1 saturated heterocycles. The molecule has 0 bridgehead atoms. The highest BCUT2D eigenvalue weighted by Crippen LogP contribution is 2.20. The van der Waals surface area contributed by atoms with Crippen molar-refractivity contribution in [3.05, 3.63) is 77.5 Å². The summed E-state index contributed by atoms with van der Waals surface area (Å²) in [4.78, 5) is 20.1. The molecule has 156 valence electrons. The van der Waals surface area contributed by atoms with Gasteiger partial charge in [-0.05, 0) is 57.0 Å². The Morgan fingerprint density at radius 3 is 2.70 bits per heavy atom. The van der Waals surface area contributed by atoms with Gasteiger partial charge < -0.3 is 10.2 Å². The van der Waals surface area contributed by atoms with Crippen LogP contribution in [0.3, 0.4) is 0 Å². The lowest BCUT2D eigenvalue weighted by Crippen LogP contribution is -2.35. The van der Waals surface area contributed by atoms with Crippen LogP contribution in [-0.4, -0.2) is 35.4 Å². The number of aryl methyl sites for hydroxylation is 1. The van der Waals surface area contributed by atoms with Gasteiger partial charge in [-0.15, -0.1) is 0 Å². The second-order valence-electron chi connectivity index (χ2n) is 8.40. The second kappa shape index (κ2) is 9.86. The Labute approximate surface area is 179 Å². The molecule has 1 aromatic heterocycles. The molecular formula is C26H31N3O. The summed E-state index contributed by atoms with van der Waals surface area (Å²) in [5.74, 6) is 0.0305. The van der Waals surface area contributed by atoms with Crippen molar-refractivity contribution in [2.45, 2.75) is 45.1 Å². The number of nitrogens with zero attached hydrogens (tertiary/aromatic N) is 2. The van der Waals surface area contributed by atoms with Crippen LogP contribution in [0.4, 0.5) is 0 Å². The minimum Gasteiger partial charge on any atom is -0.349 e. The zero-order valence-electron chi connectivity index (χ0n) is 17.8. The predicted octanol–water partition coefficient (Wildman–Crippen LogP) is 4.82. The first-order valence-corrected chi connectivity index (χ1v) is 11.1. The number of piperidine rings is 1. The van der Waals surface area contributed by atoms with E-state index in [4.69, 9.17) is 0 Å². The molecule has 2 aromatic carbocycles. The Bertz CT molecular complexity index is 994. The van der Waals surface area contributed by atoms with Gasteiger partial charge in [0.2, 0.25) is 5.91 Å². The van der Waals surface area contributed by atoms with E-state index in [2.05, 4.69) is 46.4 Å². The number of rotatable bonds is 7. The highest BCUT2D eigenvalue weighted by molar-refractivity contribution is 5.81. The number of likely N-dealkylation sites (tertiary alicyclic amines) is 1. The van der Waals surface area contributed by atoms with Crippen LogP contribution in [0.5, 0.6) is 0 Å². The largest absolute Gasteiger partial charge is 0.349 e. The van der Waals surface area contributed by atoms with Crippen LogP contribution < -0.4 is 5.32 Å². The quantitative estimate of drug-likeness (QED) is 0.617. The van der Waals surface area contributed by atoms with Crippen molar-refractivity contribution in [2.75, 3.05) is 19.6 Å². The minimum absolute atomic E-state index is 0.0276. The molecule has 3 aromatic rings. The molecule has 4 rings (SSSR count). The molecule has 30 heavy (non-hydrogen) atoms. The van der Waals surface area contributed by atoms with Gasteiger partial charge in [0.25, 0.3) is 0 Å². The van der Waals surface area contributed by atoms with Crippen molar-refractivity contribution in [3.63, 3.8) is 0 Å². The molecule has 2 heterocycles. The van der Waals surface area contributed by atoms with Gasteiger partial charge in [0, 0.05) is 11.9 Å². The highest BCUT2D eigenvalue weighted by Gasteiger charge is 2.18. The molecule has 4 heteroatoms. The second-order valence-corrected chi connectivity index (χ2v) is 8.40. The molecule has 1 fully saturated rings. The Kier molecular flexibility index (Phi) is 6.75. The van der Waals surface area contributed by atoms with Crippen molar-refractivity contribution in [1.29, 1.82) is 0 Å². The lowest BCUT2D eigenvalue weighted by Gasteiger charge is -2.29. The van der Waals surface area contributed by atoms with Crippen molar-refractivity contribution in [2.24, 2.45) is 0 Å². The zero-order chi connectivity index (χ0) is 20.8. The van der Waals surface area contributed by atoms with E-state index in [0.29, 0.717) is 6.42 Å². The fraction of sp³-hybridized carbons (Fsp3) is 0.385. The standard InChI is InChI=1S/C26H31N3O/c1-20-8-7-10-22(18-20)25(14-17-29-15-5-2-6-16-29)28-26(30)19-23-13-12-21-9-3-4-11-24(21)27-23/h3-4,7-13,18,25H,2,5-6,14-17,19H2,1H3,(H,28,30). The topological polar surface area (TPSA) is 45.2 Å². The number of hydrogen-bond acceptors (Lipinski definition) is 3. The third kappa shape index (κ3) is 5.45. The van der Waals surface area contributed by atoms with Gasteiger partial charge in [0.15, 0.2) is 0 Å². The molecule has 1 aliphatic heterocycles. The third-order valence-corrected chi connectivity index (χ3v) is 5.96. The maximum atomic E-state index is 12.9. The number of pyridine rings is 1. The molecule has 1 aliphatic rings. The number of aromatic nitrogens is 1. The van der Waals surface area contributed by atoms with Crippen LogP contribution in [0.15, 0.2) is 60.7 Å². The van der Waals surface area contributed by atoms with Crippen molar-refractivity contribution < 1.29 is 4.79 Å². The fourth-order valence-electron chi connectivity index (χ4n) is 4.32. The fourth-order valence-corrected chi connectivity index (χ4v) is 4.32. The average Bonchev–Trinajstić information content (AvgIpc) is 2.77. The molecule has 1 N–H and O–H groups in total. The first-order chi connectivity index (χ1) is 14.7. The minimum atomic E-state index is 0.0276. The highest BCUT2D eigenvalue weighted by atomic mass is 16.1. The Balaban J connectivity index is 1.44. The van der Waals surface area contributed by atoms with E-state index in [0.717, 1.165) is 29.6 Å². The molecule has 0 spiro atoms. The van der Waals surface area contributed by atoms with Crippen LogP contribution in [0.2, 0.25) is 0 Å². The Hall–Kier alpha value is -2.72. The van der Waals surface area contributed by atoms with E-state index < -0.39 is 0 Å². The molecule has 4 nitrogen and oxygen atoms in total. The summed E-state index contributed by atoms with van der Waals surface area (Å²) in [6.07, 6.45) is 5.15. The van der Waals surface area contributed by atoms with Crippen molar-refractivity contribution in [3.8, 4) is 0 Å². The van der Waals surface area contributed by atoms with Crippen LogP contribution >= 0.6 is 0 Å². The molecular weight excluding hydrogens is 370 g/mol. The number of hydrogen-bond donors (Lipinski definition) is 1. The van der Waals surface area contributed by atoms with Crippen LogP contribution in [0.25, 0.3) is 10.9 Å². The van der Waals surface area contributed by atoms with Gasteiger partial charge in [-0.3, -0.25) is 9.78 Å². The number of para-hydroxylation sites is 1. The summed E-state index contributed by atoms with van der Waals surface area (Å²) in [6.45, 7) is 5.48. The van der Waals surface area contributed by atoms with Gasteiger partial charge >= 0.3 is 0 Å². The van der Waals surface area contributed by atoms with Gasteiger partial charge in [-0.25, -0.2) is 0 Å². The molecule has 0 aliphatic carbocycles. The number of carbonyl (C=O) groups excluding carboxylic acids is 1. The predicted molar refractivity (Wildman–Crippen MR) is 122 cm³/mol. The van der Waals surface area contributed by atoms with E-state index in [9.17, 15) is 4.79 Å². The third-order valence-electron chi connectivity index (χ3n) is 5.96.